The maximum atomic E-state index is 13.9. The molecule has 20 heavy (non-hydrogen) atoms. The van der Waals surface area contributed by atoms with E-state index in [1.807, 2.05) is 6.07 Å². The summed E-state index contributed by atoms with van der Waals surface area (Å²) in [5.74, 6) is 0.613. The molecule has 0 radical (unpaired) electrons. The van der Waals surface area contributed by atoms with E-state index in [0.717, 1.165) is 37.8 Å². The molecule has 1 aromatic carbocycles. The molecule has 1 atom stereocenters. The smallest absolute Gasteiger partial charge is 0.131 e. The molecule has 0 unspecified atom stereocenters. The molecule has 3 rings (SSSR count). The lowest BCUT2D eigenvalue weighted by Gasteiger charge is -2.37. The van der Waals surface area contributed by atoms with Crippen LogP contribution in [-0.4, -0.2) is 42.7 Å². The Labute approximate surface area is 120 Å². The average Bonchev–Trinajstić information content (AvgIpc) is 3.23. The Balaban J connectivity index is 1.69. The van der Waals surface area contributed by atoms with Crippen molar-refractivity contribution in [2.45, 2.75) is 25.9 Å². The molecule has 1 aromatic rings. The fraction of sp³-hybridized carbons (Fsp3) is 0.625. The zero-order valence-corrected chi connectivity index (χ0v) is 12.1. The van der Waals surface area contributed by atoms with Gasteiger partial charge in [-0.15, -0.1) is 0 Å². The highest BCUT2D eigenvalue weighted by atomic mass is 19.1. The lowest BCUT2D eigenvalue weighted by atomic mass is 10.1. The molecular weight excluding hydrogens is 255 g/mol. The lowest BCUT2D eigenvalue weighted by Crippen LogP contribution is -2.47. The minimum absolute atomic E-state index is 0.307. The third-order valence-corrected chi connectivity index (χ3v) is 4.37. The molecule has 1 saturated heterocycles. The van der Waals surface area contributed by atoms with Gasteiger partial charge in [-0.1, -0.05) is 6.07 Å². The van der Waals surface area contributed by atoms with E-state index in [4.69, 9.17) is 0 Å². The second kappa shape index (κ2) is 5.70. The van der Waals surface area contributed by atoms with E-state index in [2.05, 4.69) is 9.80 Å². The molecule has 0 spiro atoms. The van der Waals surface area contributed by atoms with Gasteiger partial charge < -0.3 is 10.0 Å². The predicted molar refractivity (Wildman–Crippen MR) is 78.4 cm³/mol. The topological polar surface area (TPSA) is 26.7 Å². The van der Waals surface area contributed by atoms with Crippen molar-refractivity contribution in [3.8, 4) is 0 Å². The fourth-order valence-electron chi connectivity index (χ4n) is 3.05. The van der Waals surface area contributed by atoms with E-state index in [-0.39, 0.29) is 5.82 Å². The Kier molecular flexibility index (Phi) is 3.94. The van der Waals surface area contributed by atoms with Crippen LogP contribution in [0.15, 0.2) is 18.2 Å². The number of hydrogen-bond acceptors (Lipinski definition) is 3. The monoisotopic (exact) mass is 278 g/mol. The summed E-state index contributed by atoms with van der Waals surface area (Å²) in [6.07, 6.45) is 2.00. The molecular formula is C16H23FN2O. The summed E-state index contributed by atoms with van der Waals surface area (Å²) < 4.78 is 13.9. The first-order valence-electron chi connectivity index (χ1n) is 7.59. The summed E-state index contributed by atoms with van der Waals surface area (Å²) in [6.45, 7) is 6.75. The van der Waals surface area contributed by atoms with Crippen LogP contribution >= 0.6 is 0 Å². The molecule has 0 bridgehead atoms. The normalized spacial score (nSPS) is 22.1. The summed E-state index contributed by atoms with van der Waals surface area (Å²) in [7, 11) is 0. The standard InChI is InChI=1S/C16H23FN2O/c1-12(20)16-14(17)3-2-4-15(16)19-9-7-18(8-10-19)11-13-5-6-13/h2-4,12-13,20H,5-11H2,1H3/t12-/m0/s1. The largest absolute Gasteiger partial charge is 0.389 e. The second-order valence-corrected chi connectivity index (χ2v) is 6.08. The Hall–Kier alpha value is -1.13. The van der Waals surface area contributed by atoms with Crippen LogP contribution in [0.2, 0.25) is 0 Å². The van der Waals surface area contributed by atoms with E-state index in [1.54, 1.807) is 13.0 Å². The third-order valence-electron chi connectivity index (χ3n) is 4.37. The highest BCUT2D eigenvalue weighted by molar-refractivity contribution is 5.55. The van der Waals surface area contributed by atoms with Crippen LogP contribution in [-0.2, 0) is 0 Å². The summed E-state index contributed by atoms with van der Waals surface area (Å²) in [5, 5.41) is 9.82. The number of anilines is 1. The Bertz CT molecular complexity index is 466. The molecule has 0 aromatic heterocycles. The summed E-state index contributed by atoms with van der Waals surface area (Å²) in [4.78, 5) is 4.71. The average molecular weight is 278 g/mol. The van der Waals surface area contributed by atoms with E-state index in [1.165, 1.54) is 25.5 Å². The van der Waals surface area contributed by atoms with Crippen molar-refractivity contribution in [1.82, 2.24) is 4.90 Å². The summed E-state index contributed by atoms with van der Waals surface area (Å²) in [6, 6.07) is 5.07. The van der Waals surface area contributed by atoms with Crippen molar-refractivity contribution in [1.29, 1.82) is 0 Å². The van der Waals surface area contributed by atoms with Gasteiger partial charge in [0.1, 0.15) is 5.82 Å². The van der Waals surface area contributed by atoms with Crippen LogP contribution < -0.4 is 4.90 Å². The zero-order valence-electron chi connectivity index (χ0n) is 12.1. The van der Waals surface area contributed by atoms with Crippen molar-refractivity contribution in [2.75, 3.05) is 37.6 Å². The van der Waals surface area contributed by atoms with Crippen LogP contribution in [0.4, 0.5) is 10.1 Å². The van der Waals surface area contributed by atoms with Crippen LogP contribution in [0.5, 0.6) is 0 Å². The first kappa shape index (κ1) is 13.8. The van der Waals surface area contributed by atoms with E-state index in [9.17, 15) is 9.50 Å². The summed E-state index contributed by atoms with van der Waals surface area (Å²) in [5.41, 5.74) is 1.29. The van der Waals surface area contributed by atoms with E-state index in [0.29, 0.717) is 5.56 Å². The number of benzene rings is 1. The van der Waals surface area contributed by atoms with Crippen LogP contribution in [0.3, 0.4) is 0 Å². The number of halogens is 1. The molecule has 1 aliphatic carbocycles. The minimum atomic E-state index is -0.768. The van der Waals surface area contributed by atoms with Gasteiger partial charge in [-0.2, -0.15) is 0 Å². The molecule has 2 aliphatic rings. The number of nitrogens with zero attached hydrogens (tertiary/aromatic N) is 2. The molecule has 2 fully saturated rings. The second-order valence-electron chi connectivity index (χ2n) is 6.08. The third kappa shape index (κ3) is 2.96. The van der Waals surface area contributed by atoms with Gasteiger partial charge in [0, 0.05) is 44.0 Å². The van der Waals surface area contributed by atoms with Crippen LogP contribution in [0, 0.1) is 11.7 Å². The first-order valence-corrected chi connectivity index (χ1v) is 7.59. The minimum Gasteiger partial charge on any atom is -0.389 e. The zero-order chi connectivity index (χ0) is 14.1. The molecule has 1 saturated carbocycles. The molecule has 0 amide bonds. The predicted octanol–water partition coefficient (Wildman–Crippen LogP) is 2.41. The number of aliphatic hydroxyl groups excluding tert-OH is 1. The molecule has 1 heterocycles. The maximum absolute atomic E-state index is 13.9. The fourth-order valence-corrected chi connectivity index (χ4v) is 3.05. The number of rotatable bonds is 4. The van der Waals surface area contributed by atoms with E-state index < -0.39 is 6.10 Å². The van der Waals surface area contributed by atoms with Crippen molar-refractivity contribution in [2.24, 2.45) is 5.92 Å². The van der Waals surface area contributed by atoms with Gasteiger partial charge in [-0.05, 0) is 37.8 Å². The number of piperazine rings is 1. The molecule has 110 valence electrons. The Morgan fingerprint density at radius 2 is 1.95 bits per heavy atom. The molecule has 3 nitrogen and oxygen atoms in total. The van der Waals surface area contributed by atoms with Crippen molar-refractivity contribution >= 4 is 5.69 Å². The number of aliphatic hydroxyl groups is 1. The maximum Gasteiger partial charge on any atom is 0.131 e. The number of hydrogen-bond donors (Lipinski definition) is 1. The SMILES string of the molecule is C[C@H](O)c1c(F)cccc1N1CCN(CC2CC2)CC1. The van der Waals surface area contributed by atoms with Gasteiger partial charge in [0.2, 0.25) is 0 Å². The molecule has 1 N–H and O–H groups in total. The van der Waals surface area contributed by atoms with Gasteiger partial charge in [-0.25, -0.2) is 4.39 Å². The molecule has 4 heteroatoms. The van der Waals surface area contributed by atoms with Gasteiger partial charge >= 0.3 is 0 Å². The van der Waals surface area contributed by atoms with Crippen molar-refractivity contribution in [3.05, 3.63) is 29.6 Å². The quantitative estimate of drug-likeness (QED) is 0.916. The lowest BCUT2D eigenvalue weighted by molar-refractivity contribution is 0.193. The molecule has 1 aliphatic heterocycles. The van der Waals surface area contributed by atoms with Gasteiger partial charge in [0.25, 0.3) is 0 Å². The Morgan fingerprint density at radius 1 is 1.25 bits per heavy atom. The van der Waals surface area contributed by atoms with Gasteiger partial charge in [0.15, 0.2) is 0 Å². The summed E-state index contributed by atoms with van der Waals surface area (Å²) >= 11 is 0. The van der Waals surface area contributed by atoms with Crippen LogP contribution in [0.25, 0.3) is 0 Å². The Morgan fingerprint density at radius 3 is 2.55 bits per heavy atom. The van der Waals surface area contributed by atoms with E-state index >= 15 is 0 Å². The van der Waals surface area contributed by atoms with Crippen molar-refractivity contribution < 1.29 is 9.50 Å². The van der Waals surface area contributed by atoms with Crippen LogP contribution in [0.1, 0.15) is 31.4 Å². The highest BCUT2D eigenvalue weighted by Gasteiger charge is 2.27. The van der Waals surface area contributed by atoms with Gasteiger partial charge in [0.05, 0.1) is 6.10 Å². The van der Waals surface area contributed by atoms with Gasteiger partial charge in [-0.3, -0.25) is 4.90 Å². The highest BCUT2D eigenvalue weighted by Crippen LogP contribution is 2.32. The first-order chi connectivity index (χ1) is 9.65. The van der Waals surface area contributed by atoms with Crippen molar-refractivity contribution in [3.63, 3.8) is 0 Å².